The Bertz CT molecular complexity index is 321. The minimum Gasteiger partial charge on any atom is -0.313 e. The molecular weight excluding hydrogens is 228 g/mol. The monoisotopic (exact) mass is 252 g/mol. The van der Waals surface area contributed by atoms with E-state index in [0.29, 0.717) is 12.1 Å². The lowest BCUT2D eigenvalue weighted by Crippen LogP contribution is -2.50. The van der Waals surface area contributed by atoms with Crippen LogP contribution in [0.2, 0.25) is 0 Å². The highest BCUT2D eigenvalue weighted by molar-refractivity contribution is 7.10. The van der Waals surface area contributed by atoms with E-state index in [9.17, 15) is 0 Å². The molecule has 3 heteroatoms. The van der Waals surface area contributed by atoms with Gasteiger partial charge in [-0.25, -0.2) is 0 Å². The minimum absolute atomic E-state index is 0.652. The molecule has 2 atom stereocenters. The minimum atomic E-state index is 0.652. The Morgan fingerprint density at radius 2 is 2.29 bits per heavy atom. The summed E-state index contributed by atoms with van der Waals surface area (Å²) < 4.78 is 0. The van der Waals surface area contributed by atoms with Crippen molar-refractivity contribution >= 4 is 11.3 Å². The molecule has 2 unspecified atom stereocenters. The average molecular weight is 252 g/mol. The Kier molecular flexibility index (Phi) is 4.60. The zero-order valence-corrected chi connectivity index (χ0v) is 12.0. The number of likely N-dealkylation sites (tertiary alicyclic amines) is 1. The summed E-state index contributed by atoms with van der Waals surface area (Å²) in [7, 11) is 0. The molecule has 1 N–H and O–H groups in total. The summed E-state index contributed by atoms with van der Waals surface area (Å²) in [6.45, 7) is 10.3. The predicted molar refractivity (Wildman–Crippen MR) is 75.9 cm³/mol. The van der Waals surface area contributed by atoms with E-state index in [1.165, 1.54) is 19.5 Å². The van der Waals surface area contributed by atoms with E-state index < -0.39 is 0 Å². The number of piperidine rings is 1. The molecule has 2 heterocycles. The Hall–Kier alpha value is -0.380. The zero-order chi connectivity index (χ0) is 12.3. The van der Waals surface area contributed by atoms with Gasteiger partial charge in [-0.3, -0.25) is 4.90 Å². The third-order valence-corrected chi connectivity index (χ3v) is 4.68. The van der Waals surface area contributed by atoms with Crippen LogP contribution in [-0.2, 0) is 0 Å². The Labute approximate surface area is 109 Å². The number of hydrogen-bond donors (Lipinski definition) is 1. The molecule has 1 aromatic rings. The molecule has 0 spiro atoms. The largest absolute Gasteiger partial charge is 0.313 e. The van der Waals surface area contributed by atoms with Crippen molar-refractivity contribution in [3.8, 4) is 0 Å². The molecule has 0 amide bonds. The summed E-state index contributed by atoms with van der Waals surface area (Å²) >= 11 is 1.91. The van der Waals surface area contributed by atoms with Gasteiger partial charge in [0, 0.05) is 36.0 Å². The first-order valence-electron chi connectivity index (χ1n) is 6.71. The lowest BCUT2D eigenvalue weighted by Gasteiger charge is -2.40. The maximum absolute atomic E-state index is 3.62. The van der Waals surface area contributed by atoms with Crippen molar-refractivity contribution in [2.24, 2.45) is 0 Å². The quantitative estimate of drug-likeness (QED) is 0.886. The van der Waals surface area contributed by atoms with E-state index in [0.717, 1.165) is 12.5 Å². The van der Waals surface area contributed by atoms with E-state index in [4.69, 9.17) is 0 Å². The molecule has 0 radical (unpaired) electrons. The number of nitrogens with one attached hydrogen (secondary N) is 1. The van der Waals surface area contributed by atoms with Crippen LogP contribution in [0.15, 0.2) is 17.5 Å². The zero-order valence-electron chi connectivity index (χ0n) is 11.1. The molecule has 0 bridgehead atoms. The van der Waals surface area contributed by atoms with Crippen LogP contribution in [0.5, 0.6) is 0 Å². The molecule has 1 aliphatic heterocycles. The molecule has 96 valence electrons. The van der Waals surface area contributed by atoms with Crippen molar-refractivity contribution in [1.82, 2.24) is 10.2 Å². The van der Waals surface area contributed by atoms with E-state index in [2.05, 4.69) is 48.5 Å². The molecule has 17 heavy (non-hydrogen) atoms. The van der Waals surface area contributed by atoms with E-state index in [1.807, 2.05) is 11.3 Å². The molecule has 1 saturated heterocycles. The fourth-order valence-corrected chi connectivity index (χ4v) is 3.56. The summed E-state index contributed by atoms with van der Waals surface area (Å²) in [4.78, 5) is 4.17. The van der Waals surface area contributed by atoms with Crippen molar-refractivity contribution in [3.63, 3.8) is 0 Å². The maximum atomic E-state index is 3.62. The van der Waals surface area contributed by atoms with Crippen molar-refractivity contribution in [3.05, 3.63) is 22.4 Å². The summed E-state index contributed by atoms with van der Waals surface area (Å²) in [5, 5.41) is 5.82. The van der Waals surface area contributed by atoms with E-state index in [1.54, 1.807) is 4.88 Å². The Morgan fingerprint density at radius 3 is 2.88 bits per heavy atom. The predicted octanol–water partition coefficient (Wildman–Crippen LogP) is 2.92. The Balaban J connectivity index is 2.06. The standard InChI is InChI=1S/C14H24N2S/c1-4-15-13-8-12(14-6-5-7-17-14)9-16(10-13)11(2)3/h5-7,11-13,15H,4,8-10H2,1-3H3. The highest BCUT2D eigenvalue weighted by Crippen LogP contribution is 2.30. The van der Waals surface area contributed by atoms with Crippen LogP contribution in [0.3, 0.4) is 0 Å². The normalized spacial score (nSPS) is 26.6. The van der Waals surface area contributed by atoms with Gasteiger partial charge in [0.05, 0.1) is 0 Å². The lowest BCUT2D eigenvalue weighted by molar-refractivity contribution is 0.140. The molecule has 1 aromatic heterocycles. The van der Waals surface area contributed by atoms with Gasteiger partial charge in [0.25, 0.3) is 0 Å². The maximum Gasteiger partial charge on any atom is 0.0201 e. The molecular formula is C14H24N2S. The van der Waals surface area contributed by atoms with Gasteiger partial charge in [-0.1, -0.05) is 13.0 Å². The fourth-order valence-electron chi connectivity index (χ4n) is 2.72. The second-order valence-electron chi connectivity index (χ2n) is 5.25. The highest BCUT2D eigenvalue weighted by atomic mass is 32.1. The Morgan fingerprint density at radius 1 is 1.47 bits per heavy atom. The first-order valence-corrected chi connectivity index (χ1v) is 7.59. The van der Waals surface area contributed by atoms with Crippen molar-refractivity contribution in [2.75, 3.05) is 19.6 Å². The number of thiophene rings is 1. The number of nitrogens with zero attached hydrogens (tertiary/aromatic N) is 1. The summed E-state index contributed by atoms with van der Waals surface area (Å²) in [5.74, 6) is 0.718. The topological polar surface area (TPSA) is 15.3 Å². The summed E-state index contributed by atoms with van der Waals surface area (Å²) in [6.07, 6.45) is 1.29. The lowest BCUT2D eigenvalue weighted by atomic mass is 9.92. The molecule has 0 saturated carbocycles. The molecule has 2 nitrogen and oxygen atoms in total. The van der Waals surface area contributed by atoms with Crippen molar-refractivity contribution in [2.45, 2.75) is 45.2 Å². The van der Waals surface area contributed by atoms with Crippen molar-refractivity contribution < 1.29 is 0 Å². The van der Waals surface area contributed by atoms with Gasteiger partial charge in [-0.2, -0.15) is 0 Å². The van der Waals surface area contributed by atoms with Gasteiger partial charge in [0.15, 0.2) is 0 Å². The van der Waals surface area contributed by atoms with Crippen molar-refractivity contribution in [1.29, 1.82) is 0 Å². The second kappa shape index (κ2) is 5.98. The van der Waals surface area contributed by atoms with Gasteiger partial charge in [0.2, 0.25) is 0 Å². The summed E-state index contributed by atoms with van der Waals surface area (Å²) in [6, 6.07) is 5.78. The van der Waals surface area contributed by atoms with Crippen LogP contribution >= 0.6 is 11.3 Å². The number of rotatable bonds is 4. The average Bonchev–Trinajstić information content (AvgIpc) is 2.82. The van der Waals surface area contributed by atoms with E-state index >= 15 is 0 Å². The number of hydrogen-bond acceptors (Lipinski definition) is 3. The number of likely N-dealkylation sites (N-methyl/N-ethyl adjacent to an activating group) is 1. The van der Waals surface area contributed by atoms with Crippen LogP contribution in [0.25, 0.3) is 0 Å². The van der Waals surface area contributed by atoms with Gasteiger partial charge in [-0.15, -0.1) is 11.3 Å². The molecule has 1 aliphatic rings. The SMILES string of the molecule is CCNC1CC(c2cccs2)CN(C(C)C)C1. The smallest absolute Gasteiger partial charge is 0.0201 e. The van der Waals surface area contributed by atoms with Crippen LogP contribution in [0.4, 0.5) is 0 Å². The third-order valence-electron chi connectivity index (χ3n) is 3.65. The molecule has 0 aromatic carbocycles. The second-order valence-corrected chi connectivity index (χ2v) is 6.23. The van der Waals surface area contributed by atoms with Crippen LogP contribution < -0.4 is 5.32 Å². The first-order chi connectivity index (χ1) is 8.20. The molecule has 0 aliphatic carbocycles. The van der Waals surface area contributed by atoms with Gasteiger partial charge >= 0.3 is 0 Å². The summed E-state index contributed by atoms with van der Waals surface area (Å²) in [5.41, 5.74) is 0. The highest BCUT2D eigenvalue weighted by Gasteiger charge is 2.29. The third kappa shape index (κ3) is 3.30. The van der Waals surface area contributed by atoms with Crippen LogP contribution in [0, 0.1) is 0 Å². The first kappa shape index (κ1) is 13.1. The van der Waals surface area contributed by atoms with Crippen LogP contribution in [0.1, 0.15) is 38.0 Å². The van der Waals surface area contributed by atoms with Crippen LogP contribution in [-0.4, -0.2) is 36.6 Å². The van der Waals surface area contributed by atoms with Gasteiger partial charge < -0.3 is 5.32 Å². The molecule has 2 rings (SSSR count). The van der Waals surface area contributed by atoms with Gasteiger partial charge in [0.1, 0.15) is 0 Å². The fraction of sp³-hybridized carbons (Fsp3) is 0.714. The van der Waals surface area contributed by atoms with E-state index in [-0.39, 0.29) is 0 Å². The van der Waals surface area contributed by atoms with Gasteiger partial charge in [-0.05, 0) is 38.3 Å². The molecule has 1 fully saturated rings.